The highest BCUT2D eigenvalue weighted by Gasteiger charge is 2.22. The first-order chi connectivity index (χ1) is 16.4. The van der Waals surface area contributed by atoms with Crippen molar-refractivity contribution in [2.45, 2.75) is 44.9 Å². The highest BCUT2D eigenvalue weighted by Crippen LogP contribution is 2.30. The maximum absolute atomic E-state index is 13.3. The van der Waals surface area contributed by atoms with Crippen LogP contribution in [-0.2, 0) is 6.42 Å². The fourth-order valence-corrected chi connectivity index (χ4v) is 4.64. The summed E-state index contributed by atoms with van der Waals surface area (Å²) in [6.45, 7) is 0. The molecule has 34 heavy (non-hydrogen) atoms. The molecule has 0 radical (unpaired) electrons. The van der Waals surface area contributed by atoms with Gasteiger partial charge in [-0.2, -0.15) is 0 Å². The molecule has 1 aliphatic rings. The quantitative estimate of drug-likeness (QED) is 0.330. The maximum Gasteiger partial charge on any atom is 0.335 e. The van der Waals surface area contributed by atoms with E-state index >= 15 is 0 Å². The molecular weight excluding hydrogens is 432 g/mol. The third-order valence-corrected chi connectivity index (χ3v) is 6.38. The molecule has 0 spiro atoms. The minimum Gasteiger partial charge on any atom is -0.478 e. The van der Waals surface area contributed by atoms with Crippen LogP contribution >= 0.6 is 0 Å². The molecule has 4 N–H and O–H groups in total. The van der Waals surface area contributed by atoms with Gasteiger partial charge >= 0.3 is 11.9 Å². The predicted octanol–water partition coefficient (Wildman–Crippen LogP) is 5.84. The number of rotatable bonds is 7. The monoisotopic (exact) mass is 460 g/mol. The van der Waals surface area contributed by atoms with E-state index in [1.807, 2.05) is 36.4 Å². The second kappa shape index (κ2) is 10.4. The number of carboxylic acid groups (broad SMARTS) is 2. The second-order valence-electron chi connectivity index (χ2n) is 8.87. The summed E-state index contributed by atoms with van der Waals surface area (Å²) in [6, 6.07) is 15.2. The number of carboxylic acids is 2. The molecule has 3 aromatic rings. The van der Waals surface area contributed by atoms with Gasteiger partial charge < -0.3 is 20.5 Å². The van der Waals surface area contributed by atoms with Gasteiger partial charge in [0.05, 0.1) is 16.7 Å². The molecule has 1 heterocycles. The zero-order valence-electron chi connectivity index (χ0n) is 18.8. The Hall–Kier alpha value is -3.87. The number of amides is 1. The zero-order chi connectivity index (χ0) is 24.1. The first-order valence-corrected chi connectivity index (χ1v) is 11.6. The predicted molar refractivity (Wildman–Crippen MR) is 129 cm³/mol. The Morgan fingerprint density at radius 2 is 1.47 bits per heavy atom. The average molecular weight is 461 g/mol. The molecule has 1 aliphatic carbocycles. The molecule has 1 amide bonds. The number of aromatic amines is 1. The van der Waals surface area contributed by atoms with Gasteiger partial charge in [0.1, 0.15) is 0 Å². The van der Waals surface area contributed by atoms with E-state index in [4.69, 9.17) is 0 Å². The summed E-state index contributed by atoms with van der Waals surface area (Å²) in [5.74, 6) is -2.44. The van der Waals surface area contributed by atoms with Crippen LogP contribution in [0.2, 0.25) is 0 Å². The minimum atomic E-state index is -1.26. The molecule has 1 aromatic heterocycles. The van der Waals surface area contributed by atoms with Crippen molar-refractivity contribution in [1.82, 2.24) is 4.98 Å². The summed E-state index contributed by atoms with van der Waals surface area (Å²) < 4.78 is 0. The number of carbonyl (C=O) groups is 3. The summed E-state index contributed by atoms with van der Waals surface area (Å²) >= 11 is 0. The Morgan fingerprint density at radius 3 is 2.06 bits per heavy atom. The molecule has 0 aliphatic heterocycles. The third kappa shape index (κ3) is 5.54. The molecule has 0 bridgehead atoms. The second-order valence-corrected chi connectivity index (χ2v) is 8.87. The van der Waals surface area contributed by atoms with Crippen LogP contribution in [0.1, 0.15) is 75.3 Å². The van der Waals surface area contributed by atoms with Gasteiger partial charge in [0.2, 0.25) is 0 Å². The molecule has 2 aromatic carbocycles. The van der Waals surface area contributed by atoms with E-state index in [1.165, 1.54) is 37.8 Å². The number of hydrogen-bond acceptors (Lipinski definition) is 3. The maximum atomic E-state index is 13.3. The summed E-state index contributed by atoms with van der Waals surface area (Å²) in [5, 5.41) is 21.4. The normalized spacial score (nSPS) is 14.4. The van der Waals surface area contributed by atoms with Crippen LogP contribution in [0.15, 0.2) is 54.6 Å². The van der Waals surface area contributed by atoms with Crippen molar-refractivity contribution in [3.8, 4) is 11.3 Å². The molecule has 176 valence electrons. The number of hydrogen-bond donors (Lipinski definition) is 4. The number of anilines is 1. The SMILES string of the molecule is O=C(O)c1cc(NC(=O)c2cc(-c3ccccc3)[nH]c2CC2CCCCCC2)cc(C(=O)O)c1. The number of carbonyl (C=O) groups excluding carboxylic acids is 1. The Kier molecular flexibility index (Phi) is 7.11. The molecule has 1 saturated carbocycles. The molecule has 1 fully saturated rings. The lowest BCUT2D eigenvalue weighted by molar-refractivity contribution is 0.0696. The summed E-state index contributed by atoms with van der Waals surface area (Å²) in [7, 11) is 0. The van der Waals surface area contributed by atoms with Crippen LogP contribution in [0.5, 0.6) is 0 Å². The Balaban J connectivity index is 1.66. The van der Waals surface area contributed by atoms with E-state index in [-0.39, 0.29) is 16.8 Å². The van der Waals surface area contributed by atoms with Gasteiger partial charge in [0.15, 0.2) is 0 Å². The van der Waals surface area contributed by atoms with Crippen molar-refractivity contribution in [3.05, 3.63) is 77.0 Å². The fraction of sp³-hybridized carbons (Fsp3) is 0.296. The number of benzene rings is 2. The Labute approximate surface area is 197 Å². The van der Waals surface area contributed by atoms with Crippen molar-refractivity contribution in [2.24, 2.45) is 5.92 Å². The van der Waals surface area contributed by atoms with E-state index in [0.29, 0.717) is 11.5 Å². The topological polar surface area (TPSA) is 119 Å². The van der Waals surface area contributed by atoms with Crippen LogP contribution in [0.25, 0.3) is 11.3 Å². The number of H-pyrrole nitrogens is 1. The van der Waals surface area contributed by atoms with E-state index in [2.05, 4.69) is 10.3 Å². The largest absolute Gasteiger partial charge is 0.478 e. The number of nitrogens with one attached hydrogen (secondary N) is 2. The van der Waals surface area contributed by atoms with E-state index < -0.39 is 17.8 Å². The van der Waals surface area contributed by atoms with Crippen molar-refractivity contribution < 1.29 is 24.6 Å². The highest BCUT2D eigenvalue weighted by atomic mass is 16.4. The molecule has 0 saturated heterocycles. The summed E-state index contributed by atoms with van der Waals surface area (Å²) in [4.78, 5) is 39.6. The molecule has 0 unspecified atom stereocenters. The Bertz CT molecular complexity index is 1160. The van der Waals surface area contributed by atoms with Crippen LogP contribution < -0.4 is 5.32 Å². The van der Waals surface area contributed by atoms with Crippen molar-refractivity contribution in [1.29, 1.82) is 0 Å². The smallest absolute Gasteiger partial charge is 0.335 e. The molecule has 7 nitrogen and oxygen atoms in total. The van der Waals surface area contributed by atoms with Crippen molar-refractivity contribution in [2.75, 3.05) is 5.32 Å². The van der Waals surface area contributed by atoms with E-state index in [1.54, 1.807) is 0 Å². The van der Waals surface area contributed by atoms with Crippen LogP contribution in [-0.4, -0.2) is 33.0 Å². The van der Waals surface area contributed by atoms with Crippen molar-refractivity contribution >= 4 is 23.5 Å². The van der Waals surface area contributed by atoms with Gasteiger partial charge in [-0.25, -0.2) is 9.59 Å². The molecular formula is C27H28N2O5. The summed E-state index contributed by atoms with van der Waals surface area (Å²) in [6.07, 6.45) is 7.89. The minimum absolute atomic E-state index is 0.130. The first-order valence-electron chi connectivity index (χ1n) is 11.6. The number of aromatic nitrogens is 1. The molecule has 7 heteroatoms. The van der Waals surface area contributed by atoms with Gasteiger partial charge in [-0.1, -0.05) is 68.9 Å². The molecule has 0 atom stereocenters. The van der Waals surface area contributed by atoms with Gasteiger partial charge in [0.25, 0.3) is 5.91 Å². The summed E-state index contributed by atoms with van der Waals surface area (Å²) in [5.41, 5.74) is 2.85. The van der Waals surface area contributed by atoms with Crippen LogP contribution in [0.4, 0.5) is 5.69 Å². The van der Waals surface area contributed by atoms with Gasteiger partial charge in [-0.15, -0.1) is 0 Å². The lowest BCUT2D eigenvalue weighted by Gasteiger charge is -2.14. The molecule has 4 rings (SSSR count). The van der Waals surface area contributed by atoms with Crippen LogP contribution in [0.3, 0.4) is 0 Å². The number of aromatic carboxylic acids is 2. The fourth-order valence-electron chi connectivity index (χ4n) is 4.64. The van der Waals surface area contributed by atoms with Gasteiger partial charge in [0, 0.05) is 17.1 Å². The lowest BCUT2D eigenvalue weighted by atomic mass is 9.93. The van der Waals surface area contributed by atoms with Gasteiger partial charge in [-0.3, -0.25) is 4.79 Å². The standard InChI is InChI=1S/C27H28N2O5/c30-25(28-21-14-19(26(31)32)13-20(15-21)27(33)34)22-16-23(18-10-6-3-7-11-18)29-24(22)12-17-8-4-1-2-5-9-17/h3,6-7,10-11,13-17,29H,1-2,4-5,8-9,12H2,(H,28,30)(H,31,32)(H,33,34). The zero-order valence-corrected chi connectivity index (χ0v) is 18.8. The van der Waals surface area contributed by atoms with Crippen LogP contribution in [0, 0.1) is 5.92 Å². The van der Waals surface area contributed by atoms with Crippen molar-refractivity contribution in [3.63, 3.8) is 0 Å². The Morgan fingerprint density at radius 1 is 0.853 bits per heavy atom. The van der Waals surface area contributed by atoms with E-state index in [9.17, 15) is 24.6 Å². The van der Waals surface area contributed by atoms with Gasteiger partial charge in [-0.05, 0) is 42.2 Å². The first kappa shape index (κ1) is 23.3. The average Bonchev–Trinajstić information content (AvgIpc) is 3.07. The highest BCUT2D eigenvalue weighted by molar-refractivity contribution is 6.07. The van der Waals surface area contributed by atoms with E-state index in [0.717, 1.165) is 42.3 Å². The third-order valence-electron chi connectivity index (χ3n) is 6.38. The lowest BCUT2D eigenvalue weighted by Crippen LogP contribution is -2.16.